The van der Waals surface area contributed by atoms with Crippen LogP contribution in [0, 0.1) is 0 Å². The Hall–Kier alpha value is -1.02. The summed E-state index contributed by atoms with van der Waals surface area (Å²) in [5.74, 6) is 0.729. The minimum atomic E-state index is 0.297. The molecular formula is C15H22N2. The van der Waals surface area contributed by atoms with E-state index in [0.29, 0.717) is 5.41 Å². The van der Waals surface area contributed by atoms with Gasteiger partial charge in [-0.05, 0) is 60.0 Å². The molecule has 0 fully saturated rings. The van der Waals surface area contributed by atoms with E-state index in [0.717, 1.165) is 18.2 Å². The Morgan fingerprint density at radius 1 is 1.35 bits per heavy atom. The van der Waals surface area contributed by atoms with Gasteiger partial charge in [-0.3, -0.25) is 0 Å². The zero-order valence-corrected chi connectivity index (χ0v) is 11.1. The normalized spacial score (nSPS) is 26.6. The summed E-state index contributed by atoms with van der Waals surface area (Å²) < 4.78 is 0. The molecule has 0 spiro atoms. The molecule has 1 atom stereocenters. The van der Waals surface area contributed by atoms with Gasteiger partial charge >= 0.3 is 0 Å². The van der Waals surface area contributed by atoms with Gasteiger partial charge in [-0.25, -0.2) is 0 Å². The van der Waals surface area contributed by atoms with E-state index < -0.39 is 0 Å². The smallest absolute Gasteiger partial charge is 0.0320 e. The minimum absolute atomic E-state index is 0.297. The summed E-state index contributed by atoms with van der Waals surface area (Å²) in [6.45, 7) is 6.98. The first-order valence-electron chi connectivity index (χ1n) is 6.59. The highest BCUT2D eigenvalue weighted by atomic mass is 15.1. The average Bonchev–Trinajstić information content (AvgIpc) is 2.22. The molecule has 1 aliphatic carbocycles. The lowest BCUT2D eigenvalue weighted by Crippen LogP contribution is -2.37. The minimum Gasteiger partial charge on any atom is -0.399 e. The van der Waals surface area contributed by atoms with Crippen molar-refractivity contribution in [3.63, 3.8) is 0 Å². The second-order valence-electron chi connectivity index (χ2n) is 6.46. The quantitative estimate of drug-likeness (QED) is 0.694. The van der Waals surface area contributed by atoms with Crippen LogP contribution in [-0.2, 0) is 12.0 Å². The molecule has 1 aromatic carbocycles. The average molecular weight is 230 g/mol. The van der Waals surface area contributed by atoms with Gasteiger partial charge in [0.05, 0.1) is 0 Å². The molecule has 1 unspecified atom stereocenters. The van der Waals surface area contributed by atoms with Gasteiger partial charge < -0.3 is 10.6 Å². The molecule has 92 valence electrons. The van der Waals surface area contributed by atoms with E-state index in [2.05, 4.69) is 37.9 Å². The summed E-state index contributed by atoms with van der Waals surface area (Å²) in [7, 11) is 2.21. The standard InChI is InChI=1S/C15H22N2/c1-15(2)5-4-10-8-17(3)9-11-6-12(16)7-13(15)14(10)11/h6-7,10H,4-5,8-9,16H2,1-3H3. The fourth-order valence-corrected chi connectivity index (χ4v) is 3.64. The van der Waals surface area contributed by atoms with Crippen LogP contribution in [0.2, 0.25) is 0 Å². The molecule has 1 heterocycles. The monoisotopic (exact) mass is 230 g/mol. The number of rotatable bonds is 0. The molecule has 17 heavy (non-hydrogen) atoms. The molecule has 2 N–H and O–H groups in total. The highest BCUT2D eigenvalue weighted by Gasteiger charge is 2.36. The number of likely N-dealkylation sites (N-methyl/N-ethyl adjacent to an activating group) is 1. The third-order valence-corrected chi connectivity index (χ3v) is 4.52. The van der Waals surface area contributed by atoms with Crippen molar-refractivity contribution >= 4 is 5.69 Å². The lowest BCUT2D eigenvalue weighted by atomic mass is 9.66. The topological polar surface area (TPSA) is 29.3 Å². The molecule has 1 aliphatic heterocycles. The molecule has 1 aromatic rings. The Kier molecular flexibility index (Phi) is 2.27. The van der Waals surface area contributed by atoms with E-state index in [1.165, 1.54) is 30.5 Å². The number of nitrogen functional groups attached to an aromatic ring is 1. The molecule has 0 radical (unpaired) electrons. The van der Waals surface area contributed by atoms with Gasteiger partial charge in [-0.1, -0.05) is 13.8 Å². The first kappa shape index (κ1) is 11.1. The van der Waals surface area contributed by atoms with Crippen LogP contribution in [0.1, 0.15) is 49.3 Å². The fourth-order valence-electron chi connectivity index (χ4n) is 3.64. The van der Waals surface area contributed by atoms with Crippen molar-refractivity contribution in [2.24, 2.45) is 0 Å². The van der Waals surface area contributed by atoms with Crippen molar-refractivity contribution in [3.05, 3.63) is 28.8 Å². The van der Waals surface area contributed by atoms with Gasteiger partial charge in [0.25, 0.3) is 0 Å². The first-order chi connectivity index (χ1) is 7.97. The van der Waals surface area contributed by atoms with Crippen molar-refractivity contribution in [1.29, 1.82) is 0 Å². The molecule has 2 nitrogen and oxygen atoms in total. The third-order valence-electron chi connectivity index (χ3n) is 4.52. The second-order valence-corrected chi connectivity index (χ2v) is 6.46. The largest absolute Gasteiger partial charge is 0.399 e. The SMILES string of the molecule is CN1Cc2cc(N)cc3c2C(CCC3(C)C)C1. The second kappa shape index (κ2) is 3.49. The first-order valence-corrected chi connectivity index (χ1v) is 6.59. The Balaban J connectivity index is 2.22. The van der Waals surface area contributed by atoms with Gasteiger partial charge in [0, 0.05) is 18.8 Å². The van der Waals surface area contributed by atoms with Crippen LogP contribution in [-0.4, -0.2) is 18.5 Å². The van der Waals surface area contributed by atoms with Crippen LogP contribution in [0.25, 0.3) is 0 Å². The molecule has 0 saturated heterocycles. The van der Waals surface area contributed by atoms with E-state index in [9.17, 15) is 0 Å². The van der Waals surface area contributed by atoms with E-state index >= 15 is 0 Å². The molecule has 0 amide bonds. The Labute approximate surface area is 104 Å². The van der Waals surface area contributed by atoms with E-state index in [4.69, 9.17) is 5.73 Å². The third kappa shape index (κ3) is 1.66. The molecule has 3 rings (SSSR count). The lowest BCUT2D eigenvalue weighted by Gasteiger charge is -2.43. The zero-order valence-electron chi connectivity index (χ0n) is 11.1. The summed E-state index contributed by atoms with van der Waals surface area (Å²) in [5.41, 5.74) is 11.9. The number of hydrogen-bond acceptors (Lipinski definition) is 2. The van der Waals surface area contributed by atoms with Crippen LogP contribution in [0.5, 0.6) is 0 Å². The summed E-state index contributed by atoms with van der Waals surface area (Å²) in [5, 5.41) is 0. The van der Waals surface area contributed by atoms with Gasteiger partial charge in [-0.2, -0.15) is 0 Å². The van der Waals surface area contributed by atoms with Gasteiger partial charge in [0.15, 0.2) is 0 Å². The summed E-state index contributed by atoms with van der Waals surface area (Å²) in [6.07, 6.45) is 2.60. The molecule has 0 saturated carbocycles. The molecule has 2 aliphatic rings. The van der Waals surface area contributed by atoms with Gasteiger partial charge in [-0.15, -0.1) is 0 Å². The molecule has 0 bridgehead atoms. The highest BCUT2D eigenvalue weighted by molar-refractivity contribution is 5.55. The number of hydrogen-bond donors (Lipinski definition) is 1. The number of anilines is 1. The predicted molar refractivity (Wildman–Crippen MR) is 72.2 cm³/mol. The van der Waals surface area contributed by atoms with Crippen molar-refractivity contribution in [2.45, 2.75) is 44.6 Å². The van der Waals surface area contributed by atoms with Crippen LogP contribution in [0.15, 0.2) is 12.1 Å². The Bertz CT molecular complexity index is 462. The van der Waals surface area contributed by atoms with Crippen molar-refractivity contribution in [1.82, 2.24) is 4.90 Å². The molecule has 0 aromatic heterocycles. The van der Waals surface area contributed by atoms with Crippen LogP contribution in [0.4, 0.5) is 5.69 Å². The maximum absolute atomic E-state index is 6.08. The summed E-state index contributed by atoms with van der Waals surface area (Å²) in [4.78, 5) is 2.43. The fraction of sp³-hybridized carbons (Fsp3) is 0.600. The summed E-state index contributed by atoms with van der Waals surface area (Å²) >= 11 is 0. The molecular weight excluding hydrogens is 208 g/mol. The van der Waals surface area contributed by atoms with E-state index in [1.54, 1.807) is 5.56 Å². The maximum Gasteiger partial charge on any atom is 0.0320 e. The van der Waals surface area contributed by atoms with E-state index in [1.807, 2.05) is 0 Å². The molecule has 2 heteroatoms. The number of benzene rings is 1. The van der Waals surface area contributed by atoms with Crippen LogP contribution in [0.3, 0.4) is 0 Å². The van der Waals surface area contributed by atoms with Crippen molar-refractivity contribution < 1.29 is 0 Å². The van der Waals surface area contributed by atoms with Gasteiger partial charge in [0.2, 0.25) is 0 Å². The Morgan fingerprint density at radius 3 is 2.88 bits per heavy atom. The predicted octanol–water partition coefficient (Wildman–Crippen LogP) is 2.87. The number of nitrogens with zero attached hydrogens (tertiary/aromatic N) is 1. The van der Waals surface area contributed by atoms with Crippen molar-refractivity contribution in [2.75, 3.05) is 19.3 Å². The summed E-state index contributed by atoms with van der Waals surface area (Å²) in [6, 6.07) is 4.40. The highest BCUT2D eigenvalue weighted by Crippen LogP contribution is 2.47. The maximum atomic E-state index is 6.08. The number of nitrogens with two attached hydrogens (primary N) is 1. The van der Waals surface area contributed by atoms with Crippen molar-refractivity contribution in [3.8, 4) is 0 Å². The van der Waals surface area contributed by atoms with Crippen LogP contribution >= 0.6 is 0 Å². The van der Waals surface area contributed by atoms with Crippen LogP contribution < -0.4 is 5.73 Å². The Morgan fingerprint density at radius 2 is 2.12 bits per heavy atom. The van der Waals surface area contributed by atoms with E-state index in [-0.39, 0.29) is 0 Å². The van der Waals surface area contributed by atoms with Gasteiger partial charge in [0.1, 0.15) is 0 Å². The lowest BCUT2D eigenvalue weighted by molar-refractivity contribution is 0.249. The zero-order chi connectivity index (χ0) is 12.2.